The van der Waals surface area contributed by atoms with E-state index in [0.717, 1.165) is 0 Å². The van der Waals surface area contributed by atoms with Crippen molar-refractivity contribution in [3.63, 3.8) is 0 Å². The highest BCUT2D eigenvalue weighted by Crippen LogP contribution is 2.35. The minimum Gasteiger partial charge on any atom is -0.375 e. The van der Waals surface area contributed by atoms with E-state index >= 15 is 0 Å². The van der Waals surface area contributed by atoms with E-state index in [2.05, 4.69) is 18.3 Å². The third-order valence-corrected chi connectivity index (χ3v) is 4.46. The molecule has 0 fully saturated rings. The average molecular weight is 304 g/mol. The van der Waals surface area contributed by atoms with E-state index in [1.54, 1.807) is 11.3 Å². The number of thiophene rings is 1. The van der Waals surface area contributed by atoms with Gasteiger partial charge in [-0.2, -0.15) is 0 Å². The molecule has 0 amide bonds. The lowest BCUT2D eigenvalue weighted by Gasteiger charge is -2.17. The van der Waals surface area contributed by atoms with Crippen LogP contribution in [0.3, 0.4) is 0 Å². The molecule has 5 heteroatoms. The SMILES string of the molecule is Cc1ccsc1C(C)Nc1c(Cl)cc(F)cc1Cl. The standard InChI is InChI=1S/C13H12Cl2FNS/c1-7-3-4-18-13(7)8(2)17-12-10(14)5-9(16)6-11(12)15/h3-6,8,17H,1-2H3. The highest BCUT2D eigenvalue weighted by atomic mass is 35.5. The van der Waals surface area contributed by atoms with Crippen LogP contribution >= 0.6 is 34.5 Å². The second-order valence-corrected chi connectivity index (χ2v) is 5.84. The van der Waals surface area contributed by atoms with Crippen LogP contribution < -0.4 is 5.32 Å². The smallest absolute Gasteiger partial charge is 0.126 e. The van der Waals surface area contributed by atoms with Crippen LogP contribution in [-0.4, -0.2) is 0 Å². The van der Waals surface area contributed by atoms with Crippen LogP contribution in [0.4, 0.5) is 10.1 Å². The normalized spacial score (nSPS) is 12.5. The van der Waals surface area contributed by atoms with Crippen LogP contribution in [0, 0.1) is 12.7 Å². The highest BCUT2D eigenvalue weighted by Gasteiger charge is 2.14. The summed E-state index contributed by atoms with van der Waals surface area (Å²) in [7, 11) is 0. The third kappa shape index (κ3) is 2.79. The molecule has 0 aliphatic rings. The maximum absolute atomic E-state index is 13.1. The first-order valence-electron chi connectivity index (χ1n) is 5.44. The first-order valence-corrected chi connectivity index (χ1v) is 7.07. The molecule has 0 saturated heterocycles. The Labute approximate surface area is 120 Å². The summed E-state index contributed by atoms with van der Waals surface area (Å²) in [5, 5.41) is 5.85. The summed E-state index contributed by atoms with van der Waals surface area (Å²) in [6, 6.07) is 4.64. The molecule has 0 aliphatic heterocycles. The summed E-state index contributed by atoms with van der Waals surface area (Å²) in [5.41, 5.74) is 1.79. The zero-order valence-electron chi connectivity index (χ0n) is 9.93. The third-order valence-electron chi connectivity index (χ3n) is 2.66. The Morgan fingerprint density at radius 3 is 2.39 bits per heavy atom. The number of halogens is 3. The summed E-state index contributed by atoms with van der Waals surface area (Å²) in [4.78, 5) is 1.21. The molecule has 96 valence electrons. The zero-order chi connectivity index (χ0) is 13.3. The Hall–Kier alpha value is -0.770. The van der Waals surface area contributed by atoms with Gasteiger partial charge in [-0.25, -0.2) is 4.39 Å². The molecule has 2 rings (SSSR count). The molecule has 1 heterocycles. The first kappa shape index (κ1) is 13.7. The van der Waals surface area contributed by atoms with Crippen LogP contribution in [0.2, 0.25) is 10.0 Å². The monoisotopic (exact) mass is 303 g/mol. The molecule has 0 saturated carbocycles. The van der Waals surface area contributed by atoms with Crippen molar-refractivity contribution in [1.29, 1.82) is 0 Å². The minimum atomic E-state index is -0.435. The van der Waals surface area contributed by atoms with Gasteiger partial charge in [0.15, 0.2) is 0 Å². The number of anilines is 1. The lowest BCUT2D eigenvalue weighted by atomic mass is 10.2. The molecule has 1 aromatic carbocycles. The quantitative estimate of drug-likeness (QED) is 0.769. The molecular weight excluding hydrogens is 292 g/mol. The number of hydrogen-bond donors (Lipinski definition) is 1. The van der Waals surface area contributed by atoms with Gasteiger partial charge in [0.05, 0.1) is 21.8 Å². The van der Waals surface area contributed by atoms with E-state index in [1.165, 1.54) is 22.6 Å². The summed E-state index contributed by atoms with van der Waals surface area (Å²) in [6.45, 7) is 4.08. The fourth-order valence-electron chi connectivity index (χ4n) is 1.79. The predicted octanol–water partition coefficient (Wildman–Crippen LogP) is 5.68. The van der Waals surface area contributed by atoms with Crippen molar-refractivity contribution in [3.05, 3.63) is 49.9 Å². The molecule has 0 aliphatic carbocycles. The van der Waals surface area contributed by atoms with E-state index in [9.17, 15) is 4.39 Å². The first-order chi connectivity index (χ1) is 8.49. The van der Waals surface area contributed by atoms with Gasteiger partial charge in [-0.3, -0.25) is 0 Å². The molecular formula is C13H12Cl2FNS. The van der Waals surface area contributed by atoms with Crippen molar-refractivity contribution in [2.75, 3.05) is 5.32 Å². The van der Waals surface area contributed by atoms with Crippen LogP contribution in [-0.2, 0) is 0 Å². The molecule has 18 heavy (non-hydrogen) atoms. The average Bonchev–Trinajstić information content (AvgIpc) is 2.69. The van der Waals surface area contributed by atoms with Crippen molar-refractivity contribution in [3.8, 4) is 0 Å². The van der Waals surface area contributed by atoms with Gasteiger partial charge in [0.25, 0.3) is 0 Å². The lowest BCUT2D eigenvalue weighted by molar-refractivity contribution is 0.628. The zero-order valence-corrected chi connectivity index (χ0v) is 12.3. The Kier molecular flexibility index (Phi) is 4.15. The molecule has 2 aromatic rings. The highest BCUT2D eigenvalue weighted by molar-refractivity contribution is 7.10. The van der Waals surface area contributed by atoms with Crippen molar-refractivity contribution < 1.29 is 4.39 Å². The summed E-state index contributed by atoms with van der Waals surface area (Å²) in [6.07, 6.45) is 0. The molecule has 0 radical (unpaired) electrons. The fourth-order valence-corrected chi connectivity index (χ4v) is 3.30. The number of nitrogens with one attached hydrogen (secondary N) is 1. The Bertz CT molecular complexity index is 545. The van der Waals surface area contributed by atoms with E-state index in [-0.39, 0.29) is 6.04 Å². The van der Waals surface area contributed by atoms with Crippen molar-refractivity contribution in [1.82, 2.24) is 0 Å². The largest absolute Gasteiger partial charge is 0.375 e. The molecule has 0 bridgehead atoms. The second-order valence-electron chi connectivity index (χ2n) is 4.08. The van der Waals surface area contributed by atoms with Gasteiger partial charge < -0.3 is 5.32 Å². The molecule has 0 spiro atoms. The van der Waals surface area contributed by atoms with Gasteiger partial charge in [-0.05, 0) is 43.0 Å². The van der Waals surface area contributed by atoms with Gasteiger partial charge in [0, 0.05) is 4.88 Å². The molecule has 1 N–H and O–H groups in total. The molecule has 1 unspecified atom stereocenters. The topological polar surface area (TPSA) is 12.0 Å². The van der Waals surface area contributed by atoms with Gasteiger partial charge >= 0.3 is 0 Å². The predicted molar refractivity (Wildman–Crippen MR) is 77.5 cm³/mol. The van der Waals surface area contributed by atoms with E-state index in [1.807, 2.05) is 12.3 Å². The summed E-state index contributed by atoms with van der Waals surface area (Å²) < 4.78 is 13.1. The number of rotatable bonds is 3. The van der Waals surface area contributed by atoms with Gasteiger partial charge in [-0.1, -0.05) is 23.2 Å². The summed E-state index contributed by atoms with van der Waals surface area (Å²) >= 11 is 13.7. The molecule has 1 atom stereocenters. The van der Waals surface area contributed by atoms with Crippen LogP contribution in [0.15, 0.2) is 23.6 Å². The van der Waals surface area contributed by atoms with Crippen LogP contribution in [0.25, 0.3) is 0 Å². The van der Waals surface area contributed by atoms with Crippen molar-refractivity contribution in [2.45, 2.75) is 19.9 Å². The van der Waals surface area contributed by atoms with E-state index < -0.39 is 5.82 Å². The second kappa shape index (κ2) is 5.47. The molecule has 1 nitrogen and oxygen atoms in total. The Morgan fingerprint density at radius 1 is 1.28 bits per heavy atom. The van der Waals surface area contributed by atoms with Crippen molar-refractivity contribution >= 4 is 40.2 Å². The number of aryl methyl sites for hydroxylation is 1. The minimum absolute atomic E-state index is 0.0745. The van der Waals surface area contributed by atoms with Gasteiger partial charge in [0.2, 0.25) is 0 Å². The van der Waals surface area contributed by atoms with Crippen molar-refractivity contribution in [2.24, 2.45) is 0 Å². The van der Waals surface area contributed by atoms with E-state index in [4.69, 9.17) is 23.2 Å². The maximum atomic E-state index is 13.1. The molecule has 1 aromatic heterocycles. The lowest BCUT2D eigenvalue weighted by Crippen LogP contribution is -2.07. The van der Waals surface area contributed by atoms with Crippen LogP contribution in [0.5, 0.6) is 0 Å². The van der Waals surface area contributed by atoms with E-state index in [0.29, 0.717) is 15.7 Å². The van der Waals surface area contributed by atoms with Gasteiger partial charge in [0.1, 0.15) is 5.82 Å². The maximum Gasteiger partial charge on any atom is 0.126 e. The van der Waals surface area contributed by atoms with Gasteiger partial charge in [-0.15, -0.1) is 11.3 Å². The fraction of sp³-hybridized carbons (Fsp3) is 0.231. The number of benzene rings is 1. The Balaban J connectivity index is 2.27. The summed E-state index contributed by atoms with van der Waals surface area (Å²) in [5.74, 6) is -0.435. The Morgan fingerprint density at radius 2 is 1.89 bits per heavy atom. The number of hydrogen-bond acceptors (Lipinski definition) is 2. The van der Waals surface area contributed by atoms with Crippen LogP contribution in [0.1, 0.15) is 23.4 Å².